The predicted molar refractivity (Wildman–Crippen MR) is 123 cm³/mol. The van der Waals surface area contributed by atoms with Crippen LogP contribution in [0.2, 0.25) is 0 Å². The van der Waals surface area contributed by atoms with Crippen molar-refractivity contribution in [3.63, 3.8) is 0 Å². The molecular formula is C23H21ClN2O5S. The molecule has 0 spiro atoms. The predicted octanol–water partition coefficient (Wildman–Crippen LogP) is 4.01. The van der Waals surface area contributed by atoms with Crippen molar-refractivity contribution >= 4 is 46.8 Å². The lowest BCUT2D eigenvalue weighted by Gasteiger charge is -2.29. The van der Waals surface area contributed by atoms with E-state index < -0.39 is 17.9 Å². The molecule has 2 unspecified atom stereocenters. The maximum absolute atomic E-state index is 13.0. The molecule has 2 amide bonds. The van der Waals surface area contributed by atoms with Gasteiger partial charge in [0.1, 0.15) is 11.8 Å². The number of carbonyl (C=O) groups is 3. The Morgan fingerprint density at radius 1 is 1.28 bits per heavy atom. The number of halogens is 1. The summed E-state index contributed by atoms with van der Waals surface area (Å²) in [6.45, 7) is 2.08. The Kier molecular flexibility index (Phi) is 6.43. The van der Waals surface area contributed by atoms with Crippen molar-refractivity contribution in [3.8, 4) is 5.75 Å². The number of aryl methyl sites for hydroxylation is 1. The third-order valence-corrected chi connectivity index (χ3v) is 7.00. The average molecular weight is 473 g/mol. The van der Waals surface area contributed by atoms with Crippen LogP contribution in [0.25, 0.3) is 0 Å². The Hall–Kier alpha value is -2.97. The van der Waals surface area contributed by atoms with E-state index in [9.17, 15) is 19.5 Å². The number of allylic oxidation sites excluding steroid dienone is 1. The number of nitrogens with zero attached hydrogens (tertiary/aromatic N) is 1. The van der Waals surface area contributed by atoms with Crippen molar-refractivity contribution < 1.29 is 24.2 Å². The number of hydrogen-bond donors (Lipinski definition) is 2. The summed E-state index contributed by atoms with van der Waals surface area (Å²) >= 11 is 7.17. The number of carbonyl (C=O) groups excluding carboxylic acids is 2. The Labute approximate surface area is 194 Å². The van der Waals surface area contributed by atoms with Gasteiger partial charge in [0.2, 0.25) is 0 Å². The van der Waals surface area contributed by atoms with Gasteiger partial charge in [-0.3, -0.25) is 14.5 Å². The molecule has 0 aromatic heterocycles. The van der Waals surface area contributed by atoms with Crippen LogP contribution in [0.1, 0.15) is 39.6 Å². The van der Waals surface area contributed by atoms with Gasteiger partial charge in [-0.05, 0) is 54.8 Å². The van der Waals surface area contributed by atoms with E-state index in [1.165, 1.54) is 16.7 Å². The molecule has 32 heavy (non-hydrogen) atoms. The second-order valence-corrected chi connectivity index (χ2v) is 9.34. The molecule has 0 radical (unpaired) electrons. The van der Waals surface area contributed by atoms with Gasteiger partial charge in [0, 0.05) is 16.5 Å². The fourth-order valence-electron chi connectivity index (χ4n) is 3.60. The highest BCUT2D eigenvalue weighted by Crippen LogP contribution is 2.36. The van der Waals surface area contributed by atoms with Crippen molar-refractivity contribution in [2.75, 3.05) is 11.6 Å². The molecule has 0 fully saturated rings. The normalized spacial score (nSPS) is 18.4. The molecule has 2 aromatic rings. The summed E-state index contributed by atoms with van der Waals surface area (Å²) in [6.07, 6.45) is 3.02. The molecule has 4 rings (SSSR count). The van der Waals surface area contributed by atoms with E-state index in [-0.39, 0.29) is 17.9 Å². The van der Waals surface area contributed by atoms with Crippen molar-refractivity contribution in [2.24, 2.45) is 0 Å². The molecule has 2 atom stereocenters. The smallest absolute Gasteiger partial charge is 0.327 e. The van der Waals surface area contributed by atoms with Crippen LogP contribution in [0.3, 0.4) is 0 Å². The zero-order chi connectivity index (χ0) is 22.8. The quantitative estimate of drug-likeness (QED) is 0.659. The first-order chi connectivity index (χ1) is 15.4. The lowest BCUT2D eigenvalue weighted by Crippen LogP contribution is -2.47. The molecule has 9 heteroatoms. The molecule has 0 saturated heterocycles. The summed E-state index contributed by atoms with van der Waals surface area (Å²) in [6, 6.07) is 10.9. The number of hydrogen-bond acceptors (Lipinski definition) is 5. The molecule has 166 valence electrons. The van der Waals surface area contributed by atoms with Gasteiger partial charge in [-0.25, -0.2) is 4.79 Å². The molecule has 2 aliphatic rings. The van der Waals surface area contributed by atoms with E-state index in [0.29, 0.717) is 33.3 Å². The minimum absolute atomic E-state index is 0.0661. The number of nitrogens with one attached hydrogen (secondary N) is 1. The van der Waals surface area contributed by atoms with Gasteiger partial charge in [-0.2, -0.15) is 0 Å². The van der Waals surface area contributed by atoms with Gasteiger partial charge in [0.25, 0.3) is 11.8 Å². The summed E-state index contributed by atoms with van der Waals surface area (Å²) in [4.78, 5) is 38.8. The number of anilines is 1. The third-order valence-electron chi connectivity index (χ3n) is 5.42. The SMILES string of the molecule is CCc1ccc2c(c1)C(=O)N(c1ccc(C(=O)NC(C(=O)O)C3CC=C(Cl)S3)cc1)CO2. The number of ether oxygens (including phenoxy) is 1. The van der Waals surface area contributed by atoms with Crippen LogP contribution >= 0.6 is 23.4 Å². The minimum Gasteiger partial charge on any atom is -0.480 e. The molecule has 7 nitrogen and oxygen atoms in total. The Bertz CT molecular complexity index is 1100. The second-order valence-electron chi connectivity index (χ2n) is 7.43. The van der Waals surface area contributed by atoms with Crippen LogP contribution < -0.4 is 15.0 Å². The Balaban J connectivity index is 1.47. The van der Waals surface area contributed by atoms with Gasteiger partial charge in [0.15, 0.2) is 6.73 Å². The molecule has 2 aliphatic heterocycles. The summed E-state index contributed by atoms with van der Waals surface area (Å²) < 4.78 is 6.25. The minimum atomic E-state index is -1.12. The van der Waals surface area contributed by atoms with Gasteiger partial charge < -0.3 is 15.2 Å². The average Bonchev–Trinajstić information content (AvgIpc) is 3.23. The number of amides is 2. The molecular weight excluding hydrogens is 452 g/mol. The van der Waals surface area contributed by atoms with Crippen molar-refractivity contribution in [1.29, 1.82) is 0 Å². The van der Waals surface area contributed by atoms with Crippen LogP contribution in [0, 0.1) is 0 Å². The molecule has 0 aliphatic carbocycles. The highest BCUT2D eigenvalue weighted by molar-refractivity contribution is 8.05. The Morgan fingerprint density at radius 2 is 2.03 bits per heavy atom. The maximum atomic E-state index is 13.0. The second kappa shape index (κ2) is 9.26. The molecule has 2 N–H and O–H groups in total. The maximum Gasteiger partial charge on any atom is 0.327 e. The molecule has 2 heterocycles. The van der Waals surface area contributed by atoms with Crippen LogP contribution in [0.15, 0.2) is 52.9 Å². The highest BCUT2D eigenvalue weighted by Gasteiger charge is 2.33. The monoisotopic (exact) mass is 472 g/mol. The summed E-state index contributed by atoms with van der Waals surface area (Å²) in [5, 5.41) is 11.7. The topological polar surface area (TPSA) is 95.9 Å². The number of carboxylic acids is 1. The van der Waals surface area contributed by atoms with E-state index in [1.54, 1.807) is 36.4 Å². The van der Waals surface area contributed by atoms with Crippen molar-refractivity contribution in [1.82, 2.24) is 5.32 Å². The zero-order valence-electron chi connectivity index (χ0n) is 17.2. The largest absolute Gasteiger partial charge is 0.480 e. The number of thioether (sulfide) groups is 1. The summed E-state index contributed by atoms with van der Waals surface area (Å²) in [7, 11) is 0. The van der Waals surface area contributed by atoms with Gasteiger partial charge in [0.05, 0.1) is 9.93 Å². The van der Waals surface area contributed by atoms with Gasteiger partial charge in [-0.15, -0.1) is 11.8 Å². The number of carboxylic acid groups (broad SMARTS) is 1. The first kappa shape index (κ1) is 22.2. The van der Waals surface area contributed by atoms with E-state index in [1.807, 2.05) is 19.1 Å². The van der Waals surface area contributed by atoms with Gasteiger partial charge in [-0.1, -0.05) is 30.7 Å². The van der Waals surface area contributed by atoms with Gasteiger partial charge >= 0.3 is 5.97 Å². The highest BCUT2D eigenvalue weighted by atomic mass is 35.5. The van der Waals surface area contributed by atoms with Crippen LogP contribution in [-0.2, 0) is 11.2 Å². The number of benzene rings is 2. The fourth-order valence-corrected chi connectivity index (χ4v) is 5.03. The van der Waals surface area contributed by atoms with Crippen LogP contribution in [-0.4, -0.2) is 40.9 Å². The number of fused-ring (bicyclic) bond motifs is 1. The number of aliphatic carboxylic acids is 1. The van der Waals surface area contributed by atoms with Crippen LogP contribution in [0.4, 0.5) is 5.69 Å². The standard InChI is InChI=1S/C23H21ClN2O5S/c1-2-13-3-8-17-16(11-13)22(28)26(12-31-17)15-6-4-14(5-7-15)21(27)25-20(23(29)30)18-9-10-19(24)32-18/h3-8,10-11,18,20H,2,9,12H2,1H3,(H,25,27)(H,29,30). The molecule has 2 aromatic carbocycles. The molecule has 0 bridgehead atoms. The first-order valence-corrected chi connectivity index (χ1v) is 11.4. The first-order valence-electron chi connectivity index (χ1n) is 10.1. The molecule has 0 saturated carbocycles. The van der Waals surface area contributed by atoms with E-state index in [4.69, 9.17) is 16.3 Å². The van der Waals surface area contributed by atoms with E-state index in [0.717, 1.165) is 12.0 Å². The van der Waals surface area contributed by atoms with Crippen molar-refractivity contribution in [2.45, 2.75) is 31.1 Å². The van der Waals surface area contributed by atoms with Crippen LogP contribution in [0.5, 0.6) is 5.75 Å². The van der Waals surface area contributed by atoms with Crippen molar-refractivity contribution in [3.05, 3.63) is 69.6 Å². The van der Waals surface area contributed by atoms with E-state index in [2.05, 4.69) is 5.32 Å². The summed E-state index contributed by atoms with van der Waals surface area (Å²) in [5.41, 5.74) is 2.42. The lowest BCUT2D eigenvalue weighted by atomic mass is 10.1. The summed E-state index contributed by atoms with van der Waals surface area (Å²) in [5.74, 6) is -1.24. The zero-order valence-corrected chi connectivity index (χ0v) is 18.8. The van der Waals surface area contributed by atoms with E-state index >= 15 is 0 Å². The fraction of sp³-hybridized carbons (Fsp3) is 0.261. The lowest BCUT2D eigenvalue weighted by molar-refractivity contribution is -0.139. The Morgan fingerprint density at radius 3 is 2.66 bits per heavy atom. The number of rotatable bonds is 6. The third kappa shape index (κ3) is 4.47.